The lowest BCUT2D eigenvalue weighted by molar-refractivity contribution is -0.190. The molecular formula is C43H51F3N2O4. The largest absolute Gasteiger partial charge is 0.454 e. The van der Waals surface area contributed by atoms with Crippen LogP contribution in [0.3, 0.4) is 0 Å². The normalized spacial score (nSPS) is 27.6. The fourth-order valence-electron chi connectivity index (χ4n) is 9.45. The van der Waals surface area contributed by atoms with Gasteiger partial charge in [-0.25, -0.2) is 0 Å². The van der Waals surface area contributed by atoms with Crippen LogP contribution < -0.4 is 10.6 Å². The Labute approximate surface area is 305 Å². The number of hydrogen-bond donors (Lipinski definition) is 2. The molecule has 4 fully saturated rings. The zero-order valence-electron chi connectivity index (χ0n) is 29.9. The molecule has 2 saturated carbocycles. The number of carbonyl (C=O) groups is 2. The summed E-state index contributed by atoms with van der Waals surface area (Å²) in [7, 11) is 0. The molecule has 6 nitrogen and oxygen atoms in total. The van der Waals surface area contributed by atoms with Crippen LogP contribution in [0, 0.1) is 11.8 Å². The number of nitrogens with one attached hydrogen (secondary N) is 2. The summed E-state index contributed by atoms with van der Waals surface area (Å²) in [5.41, 5.74) is 1.77. The molecule has 2 heterocycles. The van der Waals surface area contributed by atoms with Crippen molar-refractivity contribution in [1.29, 1.82) is 0 Å². The number of hydrogen-bond acceptors (Lipinski definition) is 6. The number of benzene rings is 3. The number of halogens is 3. The number of rotatable bonds is 8. The van der Waals surface area contributed by atoms with Crippen LogP contribution in [-0.4, -0.2) is 44.3 Å². The average Bonchev–Trinajstić information content (AvgIpc) is 3.19. The highest BCUT2D eigenvalue weighted by Gasteiger charge is 2.50. The maximum atomic E-state index is 14.8. The molecule has 0 radical (unpaired) electrons. The van der Waals surface area contributed by atoms with Crippen molar-refractivity contribution < 1.29 is 32.2 Å². The van der Waals surface area contributed by atoms with Crippen LogP contribution in [0.4, 0.5) is 13.2 Å². The Kier molecular flexibility index (Phi) is 10.8. The number of ether oxygens (including phenoxy) is 2. The molecule has 2 saturated heterocycles. The molecule has 0 aromatic heterocycles. The molecule has 4 aliphatic rings. The molecule has 2 atom stereocenters. The van der Waals surface area contributed by atoms with Crippen molar-refractivity contribution in [2.45, 2.75) is 106 Å². The number of piperidine rings is 2. The maximum Gasteiger partial charge on any atom is 0.391 e. The fourth-order valence-corrected chi connectivity index (χ4v) is 9.45. The van der Waals surface area contributed by atoms with E-state index < -0.39 is 34.6 Å². The van der Waals surface area contributed by atoms with Gasteiger partial charge >= 0.3 is 18.1 Å². The highest BCUT2D eigenvalue weighted by Crippen LogP contribution is 2.49. The summed E-state index contributed by atoms with van der Waals surface area (Å²) in [5.74, 6) is -2.27. The Morgan fingerprint density at radius 1 is 0.615 bits per heavy atom. The lowest BCUT2D eigenvalue weighted by atomic mass is 9.64. The minimum Gasteiger partial charge on any atom is -0.454 e. The maximum absolute atomic E-state index is 14.8. The number of alkyl halides is 3. The van der Waals surface area contributed by atoms with Crippen molar-refractivity contribution in [3.63, 3.8) is 0 Å². The van der Waals surface area contributed by atoms with E-state index in [1.807, 2.05) is 36.4 Å². The summed E-state index contributed by atoms with van der Waals surface area (Å²) in [6, 6.07) is 28.6. The molecule has 52 heavy (non-hydrogen) atoms. The van der Waals surface area contributed by atoms with Gasteiger partial charge in [-0.15, -0.1) is 0 Å². The molecule has 3 aromatic carbocycles. The lowest BCUT2D eigenvalue weighted by Gasteiger charge is -2.44. The summed E-state index contributed by atoms with van der Waals surface area (Å²) >= 11 is 0. The average molecular weight is 717 g/mol. The second kappa shape index (κ2) is 15.3. The van der Waals surface area contributed by atoms with Gasteiger partial charge in [-0.3, -0.25) is 9.59 Å². The van der Waals surface area contributed by atoms with Gasteiger partial charge in [0.25, 0.3) is 0 Å². The first-order valence-electron chi connectivity index (χ1n) is 19.3. The van der Waals surface area contributed by atoms with Crippen LogP contribution >= 0.6 is 0 Å². The highest BCUT2D eigenvalue weighted by atomic mass is 19.4. The van der Waals surface area contributed by atoms with Crippen LogP contribution in [0.5, 0.6) is 0 Å². The standard InChI is InChI=1S/C43H51F3N2O4/c44-43(45,46)37-19-15-32(16-20-37)38(49)51-41(22-26-47-27-23-41)36-17-13-31(14-18-36)33-8-7-21-40(30-33,34-9-3-1-4-10-34)39(50)52-42(24-28-48-29-25-42)35-11-5-2-6-12-35/h1-6,9-14,17-18,32-33,37,47-48H,7-8,15-16,19-30H2. The zero-order valence-corrected chi connectivity index (χ0v) is 29.9. The van der Waals surface area contributed by atoms with Crippen molar-refractivity contribution in [3.8, 4) is 0 Å². The summed E-state index contributed by atoms with van der Waals surface area (Å²) in [6.07, 6.45) is 1.91. The SMILES string of the molecule is O=C(OC1(c2ccc(C3CCCC(C(=O)OC4(c5ccccc5)CCNCC4)(c4ccccc4)C3)cc2)CCNCC1)C1CCC(C(F)(F)F)CC1. The molecule has 2 aliphatic heterocycles. The van der Waals surface area contributed by atoms with Gasteiger partial charge in [0.15, 0.2) is 0 Å². The van der Waals surface area contributed by atoms with Crippen molar-refractivity contribution in [2.75, 3.05) is 26.2 Å². The Bertz CT molecular complexity index is 1650. The van der Waals surface area contributed by atoms with E-state index in [4.69, 9.17) is 9.47 Å². The van der Waals surface area contributed by atoms with Crippen LogP contribution in [0.25, 0.3) is 0 Å². The third-order valence-corrected chi connectivity index (χ3v) is 12.6. The first kappa shape index (κ1) is 36.7. The number of carbonyl (C=O) groups excluding carboxylic acids is 2. The van der Waals surface area contributed by atoms with Gasteiger partial charge in [-0.05, 0) is 99.3 Å². The van der Waals surface area contributed by atoms with Crippen molar-refractivity contribution >= 4 is 11.9 Å². The van der Waals surface area contributed by atoms with E-state index in [0.717, 1.165) is 61.0 Å². The Balaban J connectivity index is 1.12. The van der Waals surface area contributed by atoms with Crippen molar-refractivity contribution in [1.82, 2.24) is 10.6 Å². The quantitative estimate of drug-likeness (QED) is 0.228. The minimum atomic E-state index is -4.22. The highest BCUT2D eigenvalue weighted by molar-refractivity contribution is 5.84. The van der Waals surface area contributed by atoms with Gasteiger partial charge in [0, 0.05) is 25.7 Å². The van der Waals surface area contributed by atoms with Crippen LogP contribution in [-0.2, 0) is 35.7 Å². The van der Waals surface area contributed by atoms with Gasteiger partial charge in [0.2, 0.25) is 0 Å². The third-order valence-electron chi connectivity index (χ3n) is 12.6. The first-order valence-corrected chi connectivity index (χ1v) is 19.3. The van der Waals surface area contributed by atoms with E-state index in [1.54, 1.807) is 0 Å². The Hall–Kier alpha value is -3.69. The molecule has 9 heteroatoms. The van der Waals surface area contributed by atoms with Crippen LogP contribution in [0.2, 0.25) is 0 Å². The van der Waals surface area contributed by atoms with Gasteiger partial charge in [-0.2, -0.15) is 13.2 Å². The Morgan fingerprint density at radius 3 is 1.69 bits per heavy atom. The van der Waals surface area contributed by atoms with E-state index >= 15 is 0 Å². The zero-order chi connectivity index (χ0) is 36.2. The molecule has 278 valence electrons. The predicted molar refractivity (Wildman–Crippen MR) is 193 cm³/mol. The van der Waals surface area contributed by atoms with Gasteiger partial charge in [0.1, 0.15) is 11.2 Å². The van der Waals surface area contributed by atoms with E-state index in [9.17, 15) is 22.8 Å². The van der Waals surface area contributed by atoms with Gasteiger partial charge < -0.3 is 20.1 Å². The minimum absolute atomic E-state index is 0.0314. The van der Waals surface area contributed by atoms with E-state index in [1.165, 1.54) is 0 Å². The summed E-state index contributed by atoms with van der Waals surface area (Å²) < 4.78 is 53.0. The smallest absolute Gasteiger partial charge is 0.391 e. The fraction of sp³-hybridized carbons (Fsp3) is 0.535. The molecule has 0 spiro atoms. The number of esters is 2. The molecule has 2 N–H and O–H groups in total. The third kappa shape index (κ3) is 7.54. The predicted octanol–water partition coefficient (Wildman–Crippen LogP) is 8.59. The molecular weight excluding hydrogens is 665 g/mol. The topological polar surface area (TPSA) is 76.7 Å². The molecule has 2 unspecified atom stereocenters. The van der Waals surface area contributed by atoms with Crippen molar-refractivity contribution in [2.24, 2.45) is 11.8 Å². The van der Waals surface area contributed by atoms with E-state index in [0.29, 0.717) is 38.8 Å². The van der Waals surface area contributed by atoms with E-state index in [-0.39, 0.29) is 43.5 Å². The van der Waals surface area contributed by atoms with E-state index in [2.05, 4.69) is 59.2 Å². The molecule has 3 aromatic rings. The molecule has 0 amide bonds. The van der Waals surface area contributed by atoms with Crippen LogP contribution in [0.15, 0.2) is 84.9 Å². The Morgan fingerprint density at radius 2 is 1.13 bits per heavy atom. The first-order chi connectivity index (χ1) is 25.1. The van der Waals surface area contributed by atoms with Crippen molar-refractivity contribution in [3.05, 3.63) is 107 Å². The second-order valence-electron chi connectivity index (χ2n) is 15.6. The van der Waals surface area contributed by atoms with Gasteiger partial charge in [-0.1, -0.05) is 91.3 Å². The monoisotopic (exact) mass is 716 g/mol. The summed E-state index contributed by atoms with van der Waals surface area (Å²) in [6.45, 7) is 2.92. The summed E-state index contributed by atoms with van der Waals surface area (Å²) in [4.78, 5) is 28.3. The van der Waals surface area contributed by atoms with Crippen LogP contribution in [0.1, 0.15) is 105 Å². The second-order valence-corrected chi connectivity index (χ2v) is 15.6. The molecule has 0 bridgehead atoms. The molecule has 7 rings (SSSR count). The lowest BCUT2D eigenvalue weighted by Crippen LogP contribution is -2.49. The summed E-state index contributed by atoms with van der Waals surface area (Å²) in [5, 5.41) is 6.80. The molecule has 2 aliphatic carbocycles. The van der Waals surface area contributed by atoms with Gasteiger partial charge in [0.05, 0.1) is 17.3 Å².